The Kier molecular flexibility index (Phi) is 7.71. The summed E-state index contributed by atoms with van der Waals surface area (Å²) in [6, 6.07) is 36.1. The first-order valence-electron chi connectivity index (χ1n) is 13.9. The van der Waals surface area contributed by atoms with Crippen molar-refractivity contribution in [1.82, 2.24) is 9.80 Å². The number of carbonyl (C=O) groups is 1. The summed E-state index contributed by atoms with van der Waals surface area (Å²) < 4.78 is 11.8. The Bertz CT molecular complexity index is 1270. The number of ether oxygens (including phenoxy) is 2. The molecule has 0 bridgehead atoms. The van der Waals surface area contributed by atoms with Crippen LogP contribution >= 0.6 is 0 Å². The highest BCUT2D eigenvalue weighted by molar-refractivity contribution is 5.75. The number of para-hydroxylation sites is 2. The zero-order valence-electron chi connectivity index (χ0n) is 22.4. The zero-order valence-corrected chi connectivity index (χ0v) is 22.4. The van der Waals surface area contributed by atoms with E-state index >= 15 is 0 Å². The lowest BCUT2D eigenvalue weighted by atomic mass is 10.2. The molecule has 2 heterocycles. The van der Waals surface area contributed by atoms with E-state index in [-0.39, 0.29) is 18.1 Å². The summed E-state index contributed by atoms with van der Waals surface area (Å²) in [5.41, 5.74) is 2.07. The lowest BCUT2D eigenvalue weighted by Gasteiger charge is -2.25. The maximum absolute atomic E-state index is 13.2. The fraction of sp³-hybridized carbons (Fsp3) is 0.242. The van der Waals surface area contributed by atoms with E-state index in [1.807, 2.05) is 119 Å². The molecule has 0 saturated carbocycles. The van der Waals surface area contributed by atoms with Gasteiger partial charge in [-0.05, 0) is 85.6 Å². The van der Waals surface area contributed by atoms with Gasteiger partial charge in [0.15, 0.2) is 0 Å². The van der Waals surface area contributed by atoms with E-state index in [0.717, 1.165) is 60.3 Å². The predicted molar refractivity (Wildman–Crippen MR) is 159 cm³/mol. The first-order chi connectivity index (χ1) is 19.7. The molecule has 0 radical (unpaired) electrons. The Morgan fingerprint density at radius 3 is 1.32 bits per heavy atom. The van der Waals surface area contributed by atoms with Gasteiger partial charge >= 0.3 is 6.03 Å². The molecule has 2 amide bonds. The maximum atomic E-state index is 13.2. The molecule has 204 valence electrons. The molecule has 2 fully saturated rings. The van der Waals surface area contributed by atoms with Crippen LogP contribution in [0.4, 0.5) is 16.2 Å². The monoisotopic (exact) mass is 534 g/mol. The normalized spacial score (nSPS) is 18.4. The third-order valence-corrected chi connectivity index (χ3v) is 7.33. The molecule has 40 heavy (non-hydrogen) atoms. The number of urea groups is 1. The number of anilines is 2. The number of rotatable bonds is 8. The van der Waals surface area contributed by atoms with Gasteiger partial charge in [-0.2, -0.15) is 0 Å². The molecular formula is C33H34N4O3. The summed E-state index contributed by atoms with van der Waals surface area (Å²) >= 11 is 0. The van der Waals surface area contributed by atoms with Crippen LogP contribution in [0.3, 0.4) is 0 Å². The van der Waals surface area contributed by atoms with E-state index in [4.69, 9.17) is 9.47 Å². The molecular weight excluding hydrogens is 500 g/mol. The van der Waals surface area contributed by atoms with Crippen LogP contribution in [0.2, 0.25) is 0 Å². The molecule has 2 aliphatic rings. The van der Waals surface area contributed by atoms with Gasteiger partial charge in [0.2, 0.25) is 0 Å². The number of nitrogens with zero attached hydrogens (tertiary/aromatic N) is 2. The van der Waals surface area contributed by atoms with Crippen LogP contribution in [0.5, 0.6) is 23.0 Å². The van der Waals surface area contributed by atoms with Gasteiger partial charge in [-0.25, -0.2) is 4.79 Å². The average molecular weight is 535 g/mol. The van der Waals surface area contributed by atoms with Crippen molar-refractivity contribution in [2.45, 2.75) is 24.9 Å². The number of likely N-dealkylation sites (tertiary alicyclic amines) is 2. The molecule has 4 aromatic rings. The van der Waals surface area contributed by atoms with Crippen LogP contribution in [0, 0.1) is 0 Å². The molecule has 4 aromatic carbocycles. The standard InChI is InChI=1S/C33H34N4O3/c38-33(36-21-19-27(23-36)34-25-11-15-31(16-12-25)39-29-7-3-1-4-8-29)37-22-20-28(24-37)35-26-13-17-32(18-14-26)40-30-9-5-2-6-10-30/h1-18,27-28,34-35H,19-24H2. The number of amides is 2. The molecule has 6 rings (SSSR count). The van der Waals surface area contributed by atoms with E-state index < -0.39 is 0 Å². The predicted octanol–water partition coefficient (Wildman–Crippen LogP) is 7.06. The van der Waals surface area contributed by atoms with Crippen molar-refractivity contribution in [1.29, 1.82) is 0 Å². The molecule has 0 spiro atoms. The van der Waals surface area contributed by atoms with Crippen LogP contribution in [0.15, 0.2) is 109 Å². The summed E-state index contributed by atoms with van der Waals surface area (Å²) in [5, 5.41) is 7.16. The SMILES string of the molecule is O=C(N1CCC(Nc2ccc(Oc3ccccc3)cc2)C1)N1CCC(Nc2ccc(Oc3ccccc3)cc2)C1. The van der Waals surface area contributed by atoms with Crippen molar-refractivity contribution in [3.63, 3.8) is 0 Å². The number of carbonyl (C=O) groups excluding carboxylic acids is 1. The van der Waals surface area contributed by atoms with Crippen molar-refractivity contribution < 1.29 is 14.3 Å². The molecule has 0 aromatic heterocycles. The minimum Gasteiger partial charge on any atom is -0.457 e. The van der Waals surface area contributed by atoms with Gasteiger partial charge in [-0.1, -0.05) is 36.4 Å². The lowest BCUT2D eigenvalue weighted by molar-refractivity contribution is 0.172. The number of nitrogens with one attached hydrogen (secondary N) is 2. The molecule has 2 unspecified atom stereocenters. The molecule has 2 N–H and O–H groups in total. The summed E-state index contributed by atoms with van der Waals surface area (Å²) in [6.45, 7) is 2.95. The molecule has 0 aliphatic carbocycles. The van der Waals surface area contributed by atoms with E-state index in [1.165, 1.54) is 0 Å². The number of benzene rings is 4. The van der Waals surface area contributed by atoms with Gasteiger partial charge in [0.1, 0.15) is 23.0 Å². The van der Waals surface area contributed by atoms with Gasteiger partial charge in [-0.3, -0.25) is 0 Å². The van der Waals surface area contributed by atoms with E-state index in [2.05, 4.69) is 10.6 Å². The zero-order chi connectivity index (χ0) is 27.1. The van der Waals surface area contributed by atoms with Crippen LogP contribution in [0.1, 0.15) is 12.8 Å². The highest BCUT2D eigenvalue weighted by atomic mass is 16.5. The van der Waals surface area contributed by atoms with Crippen molar-refractivity contribution >= 4 is 17.4 Å². The van der Waals surface area contributed by atoms with Crippen LogP contribution in [-0.2, 0) is 0 Å². The Labute approximate surface area is 235 Å². The first-order valence-corrected chi connectivity index (χ1v) is 13.9. The van der Waals surface area contributed by atoms with Crippen molar-refractivity contribution in [3.05, 3.63) is 109 Å². The van der Waals surface area contributed by atoms with E-state index in [1.54, 1.807) is 0 Å². The first kappa shape index (κ1) is 25.6. The van der Waals surface area contributed by atoms with Crippen molar-refractivity contribution in [3.8, 4) is 23.0 Å². The van der Waals surface area contributed by atoms with Gasteiger partial charge < -0.3 is 29.9 Å². The van der Waals surface area contributed by atoms with Crippen LogP contribution in [-0.4, -0.2) is 54.1 Å². The minimum absolute atomic E-state index is 0.131. The second-order valence-corrected chi connectivity index (χ2v) is 10.3. The third-order valence-electron chi connectivity index (χ3n) is 7.33. The topological polar surface area (TPSA) is 66.1 Å². The molecule has 2 saturated heterocycles. The van der Waals surface area contributed by atoms with Crippen LogP contribution < -0.4 is 20.1 Å². The van der Waals surface area contributed by atoms with Crippen LogP contribution in [0.25, 0.3) is 0 Å². The van der Waals surface area contributed by atoms with Gasteiger partial charge in [0.25, 0.3) is 0 Å². The third kappa shape index (κ3) is 6.49. The largest absolute Gasteiger partial charge is 0.457 e. The summed E-state index contributed by atoms with van der Waals surface area (Å²) in [6.07, 6.45) is 1.86. The fourth-order valence-electron chi connectivity index (χ4n) is 5.26. The molecule has 2 atom stereocenters. The maximum Gasteiger partial charge on any atom is 0.320 e. The second-order valence-electron chi connectivity index (χ2n) is 10.3. The summed E-state index contributed by atoms with van der Waals surface area (Å²) in [4.78, 5) is 17.2. The van der Waals surface area contributed by atoms with Crippen molar-refractivity contribution in [2.24, 2.45) is 0 Å². The number of hydrogen-bond acceptors (Lipinski definition) is 5. The summed E-state index contributed by atoms with van der Waals surface area (Å²) in [7, 11) is 0. The molecule has 2 aliphatic heterocycles. The smallest absolute Gasteiger partial charge is 0.320 e. The molecule has 7 nitrogen and oxygen atoms in total. The van der Waals surface area contributed by atoms with Gasteiger partial charge in [-0.15, -0.1) is 0 Å². The highest BCUT2D eigenvalue weighted by Gasteiger charge is 2.33. The Balaban J connectivity index is 0.950. The quantitative estimate of drug-likeness (QED) is 0.253. The lowest BCUT2D eigenvalue weighted by Crippen LogP contribution is -2.42. The fourth-order valence-corrected chi connectivity index (χ4v) is 5.26. The van der Waals surface area contributed by atoms with Gasteiger partial charge in [0, 0.05) is 49.6 Å². The van der Waals surface area contributed by atoms with Crippen molar-refractivity contribution in [2.75, 3.05) is 36.8 Å². The number of hydrogen-bond donors (Lipinski definition) is 2. The Hall–Kier alpha value is -4.65. The van der Waals surface area contributed by atoms with Gasteiger partial charge in [0.05, 0.1) is 0 Å². The Morgan fingerprint density at radius 2 is 0.925 bits per heavy atom. The molecule has 7 heteroatoms. The average Bonchev–Trinajstić information content (AvgIpc) is 3.66. The highest BCUT2D eigenvalue weighted by Crippen LogP contribution is 2.26. The van der Waals surface area contributed by atoms with E-state index in [0.29, 0.717) is 13.1 Å². The summed E-state index contributed by atoms with van der Waals surface area (Å²) in [5.74, 6) is 3.24. The minimum atomic E-state index is 0.131. The Morgan fingerprint density at radius 1 is 0.550 bits per heavy atom. The second kappa shape index (κ2) is 12.0. The van der Waals surface area contributed by atoms with E-state index in [9.17, 15) is 4.79 Å².